The van der Waals surface area contributed by atoms with Crippen molar-refractivity contribution in [2.24, 2.45) is 0 Å². The first-order chi connectivity index (χ1) is 10.5. The van der Waals surface area contributed by atoms with Gasteiger partial charge in [0.25, 0.3) is 0 Å². The van der Waals surface area contributed by atoms with E-state index < -0.39 is 0 Å². The zero-order valence-corrected chi connectivity index (χ0v) is 14.4. The average molecular weight is 365 g/mol. The fourth-order valence-corrected chi connectivity index (χ4v) is 3.72. The van der Waals surface area contributed by atoms with Crippen LogP contribution in [0.2, 0.25) is 0 Å². The van der Waals surface area contributed by atoms with Gasteiger partial charge in [0, 0.05) is 37.6 Å². The lowest BCUT2D eigenvalue weighted by Crippen LogP contribution is -2.57. The summed E-state index contributed by atoms with van der Waals surface area (Å²) in [6.45, 7) is 4.19. The van der Waals surface area contributed by atoms with Crippen molar-refractivity contribution < 1.29 is 9.59 Å². The van der Waals surface area contributed by atoms with E-state index >= 15 is 0 Å². The summed E-state index contributed by atoms with van der Waals surface area (Å²) in [5.41, 5.74) is 0.792. The first-order valence-corrected chi connectivity index (χ1v) is 8.63. The van der Waals surface area contributed by atoms with Crippen molar-refractivity contribution in [2.45, 2.75) is 31.6 Å². The van der Waals surface area contributed by atoms with E-state index in [1.165, 1.54) is 0 Å². The molecular weight excluding hydrogens is 344 g/mol. The molecule has 0 atom stereocenters. The second-order valence-electron chi connectivity index (χ2n) is 6.24. The molecule has 2 amide bonds. The summed E-state index contributed by atoms with van der Waals surface area (Å²) in [4.78, 5) is 28.2. The van der Waals surface area contributed by atoms with E-state index in [0.29, 0.717) is 26.2 Å². The van der Waals surface area contributed by atoms with Crippen LogP contribution in [0.15, 0.2) is 28.7 Å². The molecule has 5 heteroatoms. The number of halogens is 1. The molecule has 1 saturated heterocycles. The van der Waals surface area contributed by atoms with Gasteiger partial charge in [-0.25, -0.2) is 0 Å². The smallest absolute Gasteiger partial charge is 0.233 e. The Balaban J connectivity index is 1.75. The highest BCUT2D eigenvalue weighted by Gasteiger charge is 2.47. The minimum absolute atomic E-state index is 0.0957. The predicted octanol–water partition coefficient (Wildman–Crippen LogP) is 2.56. The molecule has 0 bridgehead atoms. The van der Waals surface area contributed by atoms with Crippen LogP contribution in [0.4, 0.5) is 0 Å². The van der Waals surface area contributed by atoms with E-state index in [2.05, 4.69) is 28.1 Å². The maximum atomic E-state index is 13.1. The predicted molar refractivity (Wildman–Crippen MR) is 88.5 cm³/mol. The Morgan fingerprint density at radius 1 is 1.00 bits per heavy atom. The zero-order chi connectivity index (χ0) is 15.7. The highest BCUT2D eigenvalue weighted by atomic mass is 79.9. The summed E-state index contributed by atoms with van der Waals surface area (Å²) in [6, 6.07) is 8.15. The molecular formula is C17H21BrN2O2. The first-order valence-electron chi connectivity index (χ1n) is 7.84. The van der Waals surface area contributed by atoms with Gasteiger partial charge >= 0.3 is 0 Å². The molecule has 1 aliphatic carbocycles. The van der Waals surface area contributed by atoms with Gasteiger partial charge in [-0.3, -0.25) is 9.59 Å². The maximum Gasteiger partial charge on any atom is 0.233 e. The lowest BCUT2D eigenvalue weighted by Gasteiger charge is -2.46. The monoisotopic (exact) mass is 364 g/mol. The molecule has 2 aliphatic rings. The zero-order valence-electron chi connectivity index (χ0n) is 12.8. The Hall–Kier alpha value is -1.36. The summed E-state index contributed by atoms with van der Waals surface area (Å²) >= 11 is 3.45. The summed E-state index contributed by atoms with van der Waals surface area (Å²) in [6.07, 6.45) is 2.97. The Labute approximate surface area is 139 Å². The quantitative estimate of drug-likeness (QED) is 0.808. The molecule has 1 heterocycles. The molecule has 1 aromatic carbocycles. The summed E-state index contributed by atoms with van der Waals surface area (Å²) in [5, 5.41) is 0. The summed E-state index contributed by atoms with van der Waals surface area (Å²) in [5.74, 6) is 0.336. The second kappa shape index (κ2) is 6.03. The van der Waals surface area contributed by atoms with Gasteiger partial charge in [0.15, 0.2) is 0 Å². The number of hydrogen-bond donors (Lipinski definition) is 0. The average Bonchev–Trinajstić information content (AvgIpc) is 2.48. The molecule has 1 aliphatic heterocycles. The van der Waals surface area contributed by atoms with Crippen LogP contribution in [-0.2, 0) is 15.0 Å². The van der Waals surface area contributed by atoms with Gasteiger partial charge in [-0.15, -0.1) is 0 Å². The van der Waals surface area contributed by atoms with Crippen LogP contribution in [-0.4, -0.2) is 47.8 Å². The lowest BCUT2D eigenvalue weighted by molar-refractivity contribution is -0.145. The van der Waals surface area contributed by atoms with Gasteiger partial charge in [-0.1, -0.05) is 34.5 Å². The van der Waals surface area contributed by atoms with E-state index in [1.807, 2.05) is 21.9 Å². The van der Waals surface area contributed by atoms with Gasteiger partial charge < -0.3 is 9.80 Å². The maximum absolute atomic E-state index is 13.1. The van der Waals surface area contributed by atoms with Gasteiger partial charge in [-0.2, -0.15) is 0 Å². The van der Waals surface area contributed by atoms with Crippen molar-refractivity contribution in [2.75, 3.05) is 26.2 Å². The third-order valence-electron chi connectivity index (χ3n) is 5.03. The Bertz CT molecular complexity index is 573. The van der Waals surface area contributed by atoms with E-state index in [0.717, 1.165) is 29.3 Å². The van der Waals surface area contributed by atoms with E-state index in [-0.39, 0.29) is 17.2 Å². The third kappa shape index (κ3) is 2.67. The van der Waals surface area contributed by atoms with Crippen molar-refractivity contribution in [3.05, 3.63) is 34.3 Å². The van der Waals surface area contributed by atoms with Crippen LogP contribution in [0.3, 0.4) is 0 Å². The molecule has 0 spiro atoms. The number of carbonyl (C=O) groups excluding carboxylic acids is 2. The fourth-order valence-electron chi connectivity index (χ4n) is 3.45. The normalized spacial score (nSPS) is 20.5. The highest BCUT2D eigenvalue weighted by molar-refractivity contribution is 9.10. The van der Waals surface area contributed by atoms with Crippen LogP contribution in [0.1, 0.15) is 31.7 Å². The minimum atomic E-state index is -0.334. The molecule has 1 aromatic rings. The molecule has 0 aromatic heterocycles. The van der Waals surface area contributed by atoms with Gasteiger partial charge in [0.2, 0.25) is 11.8 Å². The number of benzene rings is 1. The highest BCUT2D eigenvalue weighted by Crippen LogP contribution is 2.45. The Morgan fingerprint density at radius 3 is 2.00 bits per heavy atom. The van der Waals surface area contributed by atoms with Crippen LogP contribution in [0, 0.1) is 0 Å². The molecule has 0 unspecified atom stereocenters. The van der Waals surface area contributed by atoms with Crippen LogP contribution < -0.4 is 0 Å². The number of hydrogen-bond acceptors (Lipinski definition) is 2. The van der Waals surface area contributed by atoms with Gasteiger partial charge in [-0.05, 0) is 30.5 Å². The standard InChI is InChI=1S/C17H21BrN2O2/c1-13(21)19-9-11-20(12-10-19)16(22)17(7-2-8-17)14-3-5-15(18)6-4-14/h3-6H,2,7-12H2,1H3. The molecule has 22 heavy (non-hydrogen) atoms. The molecule has 1 saturated carbocycles. The Kier molecular flexibility index (Phi) is 4.26. The van der Waals surface area contributed by atoms with E-state index in [9.17, 15) is 9.59 Å². The molecule has 2 fully saturated rings. The van der Waals surface area contributed by atoms with Crippen LogP contribution in [0.5, 0.6) is 0 Å². The van der Waals surface area contributed by atoms with Gasteiger partial charge in [0.1, 0.15) is 0 Å². The second-order valence-corrected chi connectivity index (χ2v) is 7.16. The molecule has 4 nitrogen and oxygen atoms in total. The van der Waals surface area contributed by atoms with Gasteiger partial charge in [0.05, 0.1) is 5.41 Å². The summed E-state index contributed by atoms with van der Waals surface area (Å²) < 4.78 is 1.04. The number of piperazine rings is 1. The number of amides is 2. The van der Waals surface area contributed by atoms with Crippen molar-refractivity contribution in [1.82, 2.24) is 9.80 Å². The Morgan fingerprint density at radius 2 is 1.55 bits per heavy atom. The topological polar surface area (TPSA) is 40.6 Å². The SMILES string of the molecule is CC(=O)N1CCN(C(=O)C2(c3ccc(Br)cc3)CCC2)CC1. The summed E-state index contributed by atoms with van der Waals surface area (Å²) in [7, 11) is 0. The van der Waals surface area contributed by atoms with Crippen molar-refractivity contribution in [3.63, 3.8) is 0 Å². The van der Waals surface area contributed by atoms with E-state index in [1.54, 1.807) is 6.92 Å². The molecule has 118 valence electrons. The van der Waals surface area contributed by atoms with Crippen molar-refractivity contribution >= 4 is 27.7 Å². The fraction of sp³-hybridized carbons (Fsp3) is 0.529. The number of carbonyl (C=O) groups is 2. The number of nitrogens with zero attached hydrogens (tertiary/aromatic N) is 2. The molecule has 3 rings (SSSR count). The number of rotatable bonds is 2. The van der Waals surface area contributed by atoms with Crippen LogP contribution >= 0.6 is 15.9 Å². The largest absolute Gasteiger partial charge is 0.339 e. The third-order valence-corrected chi connectivity index (χ3v) is 5.55. The van der Waals surface area contributed by atoms with Crippen LogP contribution in [0.25, 0.3) is 0 Å². The lowest BCUT2D eigenvalue weighted by atomic mass is 9.63. The molecule has 0 radical (unpaired) electrons. The van der Waals surface area contributed by atoms with E-state index in [4.69, 9.17) is 0 Å². The van der Waals surface area contributed by atoms with Crippen molar-refractivity contribution in [3.8, 4) is 0 Å². The first kappa shape index (κ1) is 15.5. The minimum Gasteiger partial charge on any atom is -0.339 e. The molecule has 0 N–H and O–H groups in total. The van der Waals surface area contributed by atoms with Crippen molar-refractivity contribution in [1.29, 1.82) is 0 Å².